The van der Waals surface area contributed by atoms with Crippen molar-refractivity contribution < 1.29 is 14.3 Å². The van der Waals surface area contributed by atoms with Crippen LogP contribution in [0.15, 0.2) is 36.4 Å². The number of halogens is 1. The number of amides is 1. The molecule has 0 aliphatic rings. The van der Waals surface area contributed by atoms with Crippen LogP contribution in [0.2, 0.25) is 5.02 Å². The van der Waals surface area contributed by atoms with Gasteiger partial charge in [-0.25, -0.2) is 4.79 Å². The quantitative estimate of drug-likeness (QED) is 0.648. The van der Waals surface area contributed by atoms with Crippen molar-refractivity contribution in [3.05, 3.63) is 47.0 Å². The van der Waals surface area contributed by atoms with E-state index in [-0.39, 0.29) is 18.9 Å². The van der Waals surface area contributed by atoms with Gasteiger partial charge in [-0.3, -0.25) is 4.79 Å². The maximum absolute atomic E-state index is 11.8. The summed E-state index contributed by atoms with van der Waals surface area (Å²) in [5.41, 5.74) is 1.54. The lowest BCUT2D eigenvalue weighted by atomic mass is 10.1. The fourth-order valence-electron chi connectivity index (χ4n) is 1.50. The smallest absolute Gasteiger partial charge is 0.328 e. The average Bonchev–Trinajstić information content (AvgIpc) is 2.35. The lowest BCUT2D eigenvalue weighted by Gasteiger charge is -2.13. The molecule has 108 valence electrons. The van der Waals surface area contributed by atoms with Gasteiger partial charge in [-0.1, -0.05) is 30.3 Å². The summed E-state index contributed by atoms with van der Waals surface area (Å²) < 4.78 is 4.96. The summed E-state index contributed by atoms with van der Waals surface area (Å²) >= 11 is 5.84. The Kier molecular flexibility index (Phi) is 6.25. The highest BCUT2D eigenvalue weighted by Crippen LogP contribution is 2.11. The van der Waals surface area contributed by atoms with Crippen LogP contribution in [-0.2, 0) is 20.7 Å². The summed E-state index contributed by atoms with van der Waals surface area (Å²) in [6, 6.07) is 6.33. The zero-order valence-corrected chi connectivity index (χ0v) is 12.4. The molecular weight excluding hydrogens is 278 g/mol. The van der Waals surface area contributed by atoms with Crippen LogP contribution in [0.5, 0.6) is 0 Å². The molecule has 1 unspecified atom stereocenters. The minimum absolute atomic E-state index is 0.160. The van der Waals surface area contributed by atoms with E-state index < -0.39 is 12.0 Å². The molecule has 0 radical (unpaired) electrons. The van der Waals surface area contributed by atoms with E-state index in [0.29, 0.717) is 5.02 Å². The van der Waals surface area contributed by atoms with Gasteiger partial charge in [0.15, 0.2) is 0 Å². The van der Waals surface area contributed by atoms with Crippen molar-refractivity contribution in [1.82, 2.24) is 5.32 Å². The van der Waals surface area contributed by atoms with Gasteiger partial charge in [0.1, 0.15) is 12.6 Å². The van der Waals surface area contributed by atoms with Crippen LogP contribution in [0.3, 0.4) is 0 Å². The molecule has 0 bridgehead atoms. The summed E-state index contributed by atoms with van der Waals surface area (Å²) in [4.78, 5) is 23.4. The number of carbonyl (C=O) groups excluding carboxylic acids is 2. The van der Waals surface area contributed by atoms with Crippen molar-refractivity contribution in [1.29, 1.82) is 0 Å². The Hall–Kier alpha value is -1.81. The lowest BCUT2D eigenvalue weighted by molar-refractivity contribution is -0.146. The molecule has 1 aromatic rings. The van der Waals surface area contributed by atoms with E-state index in [0.717, 1.165) is 11.1 Å². The van der Waals surface area contributed by atoms with Crippen LogP contribution < -0.4 is 5.32 Å². The Morgan fingerprint density at radius 3 is 2.75 bits per heavy atom. The number of esters is 1. The third kappa shape index (κ3) is 5.89. The van der Waals surface area contributed by atoms with Crippen molar-refractivity contribution in [2.24, 2.45) is 0 Å². The SMILES string of the molecule is C=C(C)COC(=O)C(C)NC(=O)Cc1cccc(Cl)c1. The predicted octanol–water partition coefficient (Wildman–Crippen LogP) is 2.51. The molecule has 1 amide bonds. The lowest BCUT2D eigenvalue weighted by Crippen LogP contribution is -2.40. The van der Waals surface area contributed by atoms with E-state index in [1.165, 1.54) is 0 Å². The molecule has 20 heavy (non-hydrogen) atoms. The van der Waals surface area contributed by atoms with Crippen LogP contribution in [0.4, 0.5) is 0 Å². The first-order chi connectivity index (χ1) is 9.38. The monoisotopic (exact) mass is 295 g/mol. The summed E-state index contributed by atoms with van der Waals surface area (Å²) in [5.74, 6) is -0.737. The van der Waals surface area contributed by atoms with Crippen molar-refractivity contribution in [3.8, 4) is 0 Å². The third-order valence-electron chi connectivity index (χ3n) is 2.45. The van der Waals surface area contributed by atoms with E-state index in [1.54, 1.807) is 38.1 Å². The van der Waals surface area contributed by atoms with Crippen LogP contribution in [0, 0.1) is 0 Å². The normalized spacial score (nSPS) is 11.6. The van der Waals surface area contributed by atoms with Gasteiger partial charge in [-0.05, 0) is 37.1 Å². The number of hydrogen-bond donors (Lipinski definition) is 1. The number of carbonyl (C=O) groups is 2. The first-order valence-electron chi connectivity index (χ1n) is 6.23. The first-order valence-corrected chi connectivity index (χ1v) is 6.61. The molecule has 0 heterocycles. The average molecular weight is 296 g/mol. The van der Waals surface area contributed by atoms with Crippen LogP contribution in [0.1, 0.15) is 19.4 Å². The van der Waals surface area contributed by atoms with Crippen molar-refractivity contribution in [3.63, 3.8) is 0 Å². The summed E-state index contributed by atoms with van der Waals surface area (Å²) in [5, 5.41) is 3.16. The molecule has 0 fully saturated rings. The van der Waals surface area contributed by atoms with Crippen LogP contribution in [0.25, 0.3) is 0 Å². The Labute approximate surface area is 123 Å². The van der Waals surface area contributed by atoms with Gasteiger partial charge in [0.25, 0.3) is 0 Å². The molecule has 1 rings (SSSR count). The second-order valence-electron chi connectivity index (χ2n) is 4.66. The number of nitrogens with one attached hydrogen (secondary N) is 1. The Bertz CT molecular complexity index is 514. The zero-order chi connectivity index (χ0) is 15.1. The zero-order valence-electron chi connectivity index (χ0n) is 11.6. The van der Waals surface area contributed by atoms with E-state index in [9.17, 15) is 9.59 Å². The number of ether oxygens (including phenoxy) is 1. The topological polar surface area (TPSA) is 55.4 Å². The summed E-state index contributed by atoms with van der Waals surface area (Å²) in [7, 11) is 0. The van der Waals surface area contributed by atoms with E-state index >= 15 is 0 Å². The van der Waals surface area contributed by atoms with Gasteiger partial charge in [-0.15, -0.1) is 0 Å². The second-order valence-corrected chi connectivity index (χ2v) is 5.10. The number of benzene rings is 1. The largest absolute Gasteiger partial charge is 0.460 e. The summed E-state index contributed by atoms with van der Waals surface area (Å²) in [6.45, 7) is 7.13. The minimum atomic E-state index is -0.693. The standard InChI is InChI=1S/C15H18ClNO3/c1-10(2)9-20-15(19)11(3)17-14(18)8-12-5-4-6-13(16)7-12/h4-7,11H,1,8-9H2,2-3H3,(H,17,18). The molecule has 0 aliphatic carbocycles. The van der Waals surface area contributed by atoms with Crippen LogP contribution in [-0.4, -0.2) is 24.5 Å². The predicted molar refractivity (Wildman–Crippen MR) is 78.5 cm³/mol. The molecule has 5 heteroatoms. The maximum atomic E-state index is 11.8. The van der Waals surface area contributed by atoms with Gasteiger partial charge in [-0.2, -0.15) is 0 Å². The molecule has 0 saturated carbocycles. The van der Waals surface area contributed by atoms with E-state index in [4.69, 9.17) is 16.3 Å². The highest BCUT2D eigenvalue weighted by atomic mass is 35.5. The fourth-order valence-corrected chi connectivity index (χ4v) is 1.72. The highest BCUT2D eigenvalue weighted by molar-refractivity contribution is 6.30. The molecular formula is C15H18ClNO3. The van der Waals surface area contributed by atoms with Crippen molar-refractivity contribution >= 4 is 23.5 Å². The minimum Gasteiger partial charge on any atom is -0.460 e. The van der Waals surface area contributed by atoms with Gasteiger partial charge in [0, 0.05) is 5.02 Å². The molecule has 1 aromatic carbocycles. The van der Waals surface area contributed by atoms with Gasteiger partial charge >= 0.3 is 5.97 Å². The second kappa shape index (κ2) is 7.70. The van der Waals surface area contributed by atoms with Gasteiger partial charge in [0.05, 0.1) is 6.42 Å². The van der Waals surface area contributed by atoms with Crippen molar-refractivity contribution in [2.75, 3.05) is 6.61 Å². The summed E-state index contributed by atoms with van der Waals surface area (Å²) in [6.07, 6.45) is 0.165. The fraction of sp³-hybridized carbons (Fsp3) is 0.333. The Morgan fingerprint density at radius 2 is 2.15 bits per heavy atom. The maximum Gasteiger partial charge on any atom is 0.328 e. The molecule has 0 saturated heterocycles. The van der Waals surface area contributed by atoms with E-state index in [2.05, 4.69) is 11.9 Å². The number of rotatable bonds is 6. The molecule has 0 aromatic heterocycles. The van der Waals surface area contributed by atoms with Gasteiger partial charge < -0.3 is 10.1 Å². The van der Waals surface area contributed by atoms with E-state index in [1.807, 2.05) is 0 Å². The highest BCUT2D eigenvalue weighted by Gasteiger charge is 2.17. The van der Waals surface area contributed by atoms with Gasteiger partial charge in [0.2, 0.25) is 5.91 Å². The molecule has 4 nitrogen and oxygen atoms in total. The Morgan fingerprint density at radius 1 is 1.45 bits per heavy atom. The first kappa shape index (κ1) is 16.2. The Balaban J connectivity index is 2.45. The van der Waals surface area contributed by atoms with Crippen molar-refractivity contribution in [2.45, 2.75) is 26.3 Å². The molecule has 1 N–H and O–H groups in total. The molecule has 1 atom stereocenters. The number of hydrogen-bond acceptors (Lipinski definition) is 3. The molecule has 0 spiro atoms. The molecule has 0 aliphatic heterocycles. The third-order valence-corrected chi connectivity index (χ3v) is 2.68. The van der Waals surface area contributed by atoms with Crippen LogP contribution >= 0.6 is 11.6 Å².